The van der Waals surface area contributed by atoms with Gasteiger partial charge >= 0.3 is 5.97 Å². The highest BCUT2D eigenvalue weighted by molar-refractivity contribution is 5.89. The van der Waals surface area contributed by atoms with Gasteiger partial charge in [0.15, 0.2) is 5.75 Å². The maximum absolute atomic E-state index is 12.5. The number of carbonyl (C=O) groups excluding carboxylic acids is 1. The first kappa shape index (κ1) is 12.2. The lowest BCUT2D eigenvalue weighted by molar-refractivity contribution is 0.0507. The number of aromatic amines is 1. The lowest BCUT2D eigenvalue weighted by atomic mass is 10.2. The van der Waals surface area contributed by atoms with Crippen molar-refractivity contribution in [2.45, 2.75) is 13.3 Å². The predicted molar refractivity (Wildman–Crippen MR) is 49.6 cm³/mol. The fourth-order valence-corrected chi connectivity index (χ4v) is 1.08. The molecule has 0 aromatic carbocycles. The number of halogens is 2. The molecule has 0 saturated carbocycles. The summed E-state index contributed by atoms with van der Waals surface area (Å²) in [6.07, 6.45) is -3.00. The van der Waals surface area contributed by atoms with E-state index in [4.69, 9.17) is 5.11 Å². The summed E-state index contributed by atoms with van der Waals surface area (Å²) in [4.78, 5) is 24.0. The Bertz CT molecular complexity index is 455. The minimum absolute atomic E-state index is 0.00951. The summed E-state index contributed by atoms with van der Waals surface area (Å²) in [5, 5.41) is 8.96. The molecule has 7 heteroatoms. The Kier molecular flexibility index (Phi) is 3.60. The van der Waals surface area contributed by atoms with Crippen LogP contribution in [-0.4, -0.2) is 22.7 Å². The number of aromatic nitrogens is 1. The molecule has 0 amide bonds. The number of aromatic hydroxyl groups is 1. The van der Waals surface area contributed by atoms with Crippen LogP contribution < -0.4 is 5.56 Å². The van der Waals surface area contributed by atoms with Crippen molar-refractivity contribution in [3.8, 4) is 5.75 Å². The largest absolute Gasteiger partial charge is 0.503 e. The smallest absolute Gasteiger partial charge is 0.355 e. The average molecular weight is 233 g/mol. The number of esters is 1. The lowest BCUT2D eigenvalue weighted by Gasteiger charge is -2.07. The molecule has 0 unspecified atom stereocenters. The number of alkyl halides is 2. The molecule has 1 heterocycles. The predicted octanol–water partition coefficient (Wildman–Crippen LogP) is 1.19. The fourth-order valence-electron chi connectivity index (χ4n) is 1.08. The number of hydrogen-bond acceptors (Lipinski definition) is 4. The van der Waals surface area contributed by atoms with Crippen LogP contribution in [0.3, 0.4) is 0 Å². The van der Waals surface area contributed by atoms with Crippen LogP contribution in [0.4, 0.5) is 8.78 Å². The monoisotopic (exact) mass is 233 g/mol. The number of carbonyl (C=O) groups is 1. The van der Waals surface area contributed by atoms with E-state index in [1.807, 2.05) is 4.98 Å². The van der Waals surface area contributed by atoms with Crippen molar-refractivity contribution in [3.05, 3.63) is 27.7 Å². The lowest BCUT2D eigenvalue weighted by Crippen LogP contribution is -2.18. The molecule has 0 saturated heterocycles. The topological polar surface area (TPSA) is 79.4 Å². The minimum atomic E-state index is -3.00. The molecule has 0 radical (unpaired) electrons. The van der Waals surface area contributed by atoms with Crippen LogP contribution in [-0.2, 0) is 4.74 Å². The highest BCUT2D eigenvalue weighted by atomic mass is 19.3. The van der Waals surface area contributed by atoms with Crippen LogP contribution in [0.5, 0.6) is 5.75 Å². The zero-order valence-electron chi connectivity index (χ0n) is 8.29. The van der Waals surface area contributed by atoms with Gasteiger partial charge < -0.3 is 14.8 Å². The van der Waals surface area contributed by atoms with Crippen molar-refractivity contribution in [1.29, 1.82) is 0 Å². The van der Waals surface area contributed by atoms with Gasteiger partial charge in [0, 0.05) is 0 Å². The third kappa shape index (κ3) is 2.36. The Morgan fingerprint density at radius 1 is 1.62 bits per heavy atom. The Hall–Kier alpha value is -1.92. The molecule has 88 valence electrons. The molecule has 0 aliphatic carbocycles. The SMILES string of the molecule is CCOC(=O)c1[nH]c(=O)c(O)cc1C(F)F. The summed E-state index contributed by atoms with van der Waals surface area (Å²) in [6.45, 7) is 1.49. The van der Waals surface area contributed by atoms with Gasteiger partial charge in [-0.1, -0.05) is 0 Å². The molecule has 1 aromatic rings. The standard InChI is InChI=1S/C9H9F2NO4/c1-2-16-9(15)6-4(7(10)11)3-5(13)8(14)12-6/h3,7,13H,2H2,1H3,(H,12,14). The molecule has 1 rings (SSSR count). The zero-order valence-corrected chi connectivity index (χ0v) is 8.29. The normalized spacial score (nSPS) is 10.5. The zero-order chi connectivity index (χ0) is 12.3. The van der Waals surface area contributed by atoms with Crippen LogP contribution in [0.15, 0.2) is 10.9 Å². The molecular weight excluding hydrogens is 224 g/mol. The highest BCUT2D eigenvalue weighted by Gasteiger charge is 2.22. The summed E-state index contributed by atoms with van der Waals surface area (Å²) in [7, 11) is 0. The van der Waals surface area contributed by atoms with Gasteiger partial charge in [-0.3, -0.25) is 4.79 Å². The van der Waals surface area contributed by atoms with E-state index in [2.05, 4.69) is 4.74 Å². The molecule has 0 fully saturated rings. The number of ether oxygens (including phenoxy) is 1. The van der Waals surface area contributed by atoms with Crippen molar-refractivity contribution < 1.29 is 23.4 Å². The molecule has 16 heavy (non-hydrogen) atoms. The Morgan fingerprint density at radius 2 is 2.25 bits per heavy atom. The third-order valence-electron chi connectivity index (χ3n) is 1.77. The molecular formula is C9H9F2NO4. The van der Waals surface area contributed by atoms with Gasteiger partial charge in [-0.2, -0.15) is 0 Å². The molecule has 0 aliphatic heterocycles. The van der Waals surface area contributed by atoms with Crippen LogP contribution in [0, 0.1) is 0 Å². The van der Waals surface area contributed by atoms with Crippen LogP contribution in [0.1, 0.15) is 29.4 Å². The van der Waals surface area contributed by atoms with E-state index in [0.717, 1.165) is 0 Å². The van der Waals surface area contributed by atoms with Crippen molar-refractivity contribution in [2.75, 3.05) is 6.61 Å². The number of pyridine rings is 1. The van der Waals surface area contributed by atoms with Crippen molar-refractivity contribution >= 4 is 5.97 Å². The Morgan fingerprint density at radius 3 is 2.75 bits per heavy atom. The summed E-state index contributed by atoms with van der Waals surface area (Å²) >= 11 is 0. The first-order chi connectivity index (χ1) is 7.47. The Balaban J connectivity index is 3.30. The van der Waals surface area contributed by atoms with Crippen LogP contribution in [0.25, 0.3) is 0 Å². The number of hydrogen-bond donors (Lipinski definition) is 2. The Labute approximate surface area is 88.7 Å². The average Bonchev–Trinajstić information content (AvgIpc) is 2.21. The first-order valence-corrected chi connectivity index (χ1v) is 4.38. The second-order valence-corrected chi connectivity index (χ2v) is 2.84. The summed E-state index contributed by atoms with van der Waals surface area (Å²) in [5.41, 5.74) is -2.43. The highest BCUT2D eigenvalue weighted by Crippen LogP contribution is 2.23. The summed E-state index contributed by atoms with van der Waals surface area (Å²) in [5.74, 6) is -1.93. The van der Waals surface area contributed by atoms with Crippen molar-refractivity contribution in [1.82, 2.24) is 4.98 Å². The van der Waals surface area contributed by atoms with Gasteiger partial charge in [-0.25, -0.2) is 13.6 Å². The number of nitrogens with one attached hydrogen (secondary N) is 1. The van der Waals surface area contributed by atoms with E-state index in [0.29, 0.717) is 6.07 Å². The van der Waals surface area contributed by atoms with Gasteiger partial charge in [0.2, 0.25) is 0 Å². The van der Waals surface area contributed by atoms with Crippen LogP contribution >= 0.6 is 0 Å². The molecule has 0 spiro atoms. The molecule has 5 nitrogen and oxygen atoms in total. The number of rotatable bonds is 3. The van der Waals surface area contributed by atoms with Gasteiger partial charge in [0.1, 0.15) is 5.69 Å². The van der Waals surface area contributed by atoms with Crippen molar-refractivity contribution in [3.63, 3.8) is 0 Å². The minimum Gasteiger partial charge on any atom is -0.503 e. The second-order valence-electron chi connectivity index (χ2n) is 2.84. The maximum atomic E-state index is 12.5. The van der Waals surface area contributed by atoms with Gasteiger partial charge in [-0.15, -0.1) is 0 Å². The van der Waals surface area contributed by atoms with Crippen LogP contribution in [0.2, 0.25) is 0 Å². The second kappa shape index (κ2) is 4.73. The fraction of sp³-hybridized carbons (Fsp3) is 0.333. The molecule has 0 bridgehead atoms. The van der Waals surface area contributed by atoms with E-state index in [-0.39, 0.29) is 6.61 Å². The summed E-state index contributed by atoms with van der Waals surface area (Å²) in [6, 6.07) is 0.551. The van der Waals surface area contributed by atoms with E-state index in [1.165, 1.54) is 6.92 Å². The summed E-state index contributed by atoms with van der Waals surface area (Å²) < 4.78 is 29.5. The molecule has 2 N–H and O–H groups in total. The first-order valence-electron chi connectivity index (χ1n) is 4.38. The molecule has 1 aromatic heterocycles. The molecule has 0 atom stereocenters. The third-order valence-corrected chi connectivity index (χ3v) is 1.77. The van der Waals surface area contributed by atoms with Crippen molar-refractivity contribution in [2.24, 2.45) is 0 Å². The van der Waals surface area contributed by atoms with E-state index in [1.54, 1.807) is 0 Å². The molecule has 0 aliphatic rings. The van der Waals surface area contributed by atoms with E-state index in [9.17, 15) is 18.4 Å². The maximum Gasteiger partial charge on any atom is 0.355 e. The number of H-pyrrole nitrogens is 1. The van der Waals surface area contributed by atoms with Gasteiger partial charge in [-0.05, 0) is 13.0 Å². The quantitative estimate of drug-likeness (QED) is 0.768. The van der Waals surface area contributed by atoms with E-state index >= 15 is 0 Å². The van der Waals surface area contributed by atoms with E-state index < -0.39 is 35.0 Å². The van der Waals surface area contributed by atoms with Gasteiger partial charge in [0.05, 0.1) is 12.2 Å². The van der Waals surface area contributed by atoms with Gasteiger partial charge in [0.25, 0.3) is 12.0 Å².